The van der Waals surface area contributed by atoms with Crippen molar-refractivity contribution in [3.63, 3.8) is 0 Å². The van der Waals surface area contributed by atoms with Gasteiger partial charge in [0.05, 0.1) is 0 Å². The average molecular weight is 100 g/mol. The van der Waals surface area contributed by atoms with Gasteiger partial charge in [0.15, 0.2) is 0 Å². The van der Waals surface area contributed by atoms with Crippen molar-refractivity contribution in [2.75, 3.05) is 0 Å². The van der Waals surface area contributed by atoms with Crippen LogP contribution in [0.25, 0.3) is 0 Å². The molecule has 0 aromatic rings. The molecular formula is C3H8Si2. The maximum absolute atomic E-state index is 3.47. The molecule has 0 saturated carbocycles. The van der Waals surface area contributed by atoms with E-state index in [0.29, 0.717) is 0 Å². The van der Waals surface area contributed by atoms with Crippen molar-refractivity contribution in [3.8, 4) is 0 Å². The summed E-state index contributed by atoms with van der Waals surface area (Å²) in [6.45, 7) is 3.47. The van der Waals surface area contributed by atoms with E-state index < -0.39 is 0 Å². The summed E-state index contributed by atoms with van der Waals surface area (Å²) in [5.74, 6) is 0. The summed E-state index contributed by atoms with van der Waals surface area (Å²) in [5, 5.41) is 0. The van der Waals surface area contributed by atoms with E-state index in [2.05, 4.69) is 12.3 Å². The molecule has 0 aliphatic carbocycles. The van der Waals surface area contributed by atoms with E-state index in [1.165, 1.54) is 25.3 Å². The molecule has 5 heavy (non-hydrogen) atoms. The second-order valence-corrected chi connectivity index (χ2v) is 6.18. The molecule has 0 aliphatic heterocycles. The molecule has 0 aliphatic rings. The van der Waals surface area contributed by atoms with E-state index in [-0.39, 0.29) is 0 Å². The average Bonchev–Trinajstić information content (AvgIpc) is 1.38. The van der Waals surface area contributed by atoms with Crippen molar-refractivity contribution in [1.82, 2.24) is 0 Å². The van der Waals surface area contributed by atoms with Gasteiger partial charge in [-0.3, -0.25) is 0 Å². The van der Waals surface area contributed by atoms with Gasteiger partial charge in [-0.25, -0.2) is 0 Å². The zero-order valence-electron chi connectivity index (χ0n) is 3.71. The van der Waals surface area contributed by atoms with Gasteiger partial charge in [-0.1, -0.05) is 11.4 Å². The largest absolute Gasteiger partial charge is 0.140 e. The second kappa shape index (κ2) is 2.21. The van der Waals surface area contributed by atoms with Gasteiger partial charge in [0.25, 0.3) is 0 Å². The van der Waals surface area contributed by atoms with Gasteiger partial charge in [-0.15, -0.1) is 5.73 Å². The smallest absolute Gasteiger partial charge is 0.0368 e. The third kappa shape index (κ3) is 3.95. The van der Waals surface area contributed by atoms with Crippen LogP contribution in [0.1, 0.15) is 0 Å². The van der Waals surface area contributed by atoms with E-state index >= 15 is 0 Å². The van der Waals surface area contributed by atoms with Gasteiger partial charge in [0.1, 0.15) is 0 Å². The molecule has 0 N–H and O–H groups in total. The molecule has 0 heterocycles. The Morgan fingerprint density at radius 2 is 1.80 bits per heavy atom. The van der Waals surface area contributed by atoms with E-state index in [1.807, 2.05) is 0 Å². The molecule has 0 atom stereocenters. The summed E-state index contributed by atoms with van der Waals surface area (Å²) in [7, 11) is 2.35. The second-order valence-electron chi connectivity index (χ2n) is 1.18. The third-order valence-electron chi connectivity index (χ3n) is 0.354. The summed E-state index contributed by atoms with van der Waals surface area (Å²) < 4.78 is 0. The molecule has 0 aromatic heterocycles. The number of rotatable bonds is 0. The van der Waals surface area contributed by atoms with E-state index in [0.717, 1.165) is 0 Å². The summed E-state index contributed by atoms with van der Waals surface area (Å²) in [6.07, 6.45) is 0. The lowest BCUT2D eigenvalue weighted by Gasteiger charge is -1.66. The van der Waals surface area contributed by atoms with Crippen LogP contribution in [-0.2, 0) is 0 Å². The first kappa shape index (κ1) is 4.95. The van der Waals surface area contributed by atoms with Gasteiger partial charge in [-0.05, 0) is 0 Å². The molecular weight excluding hydrogens is 92.2 g/mol. The van der Waals surface area contributed by atoms with Gasteiger partial charge in [0, 0.05) is 20.5 Å². The molecule has 0 bridgehead atoms. The number of hydrogen-bond donors (Lipinski definition) is 0. The van der Waals surface area contributed by atoms with Crippen LogP contribution < -0.4 is 0 Å². The maximum Gasteiger partial charge on any atom is 0.0368 e. The Balaban J connectivity index is 3.60. The van der Waals surface area contributed by atoms with Gasteiger partial charge in [-0.2, -0.15) is 0 Å². The van der Waals surface area contributed by atoms with Crippen molar-refractivity contribution in [2.24, 2.45) is 0 Å². The molecule has 0 spiro atoms. The first-order valence-corrected chi connectivity index (χ1v) is 3.60. The fourth-order valence-corrected chi connectivity index (χ4v) is 0. The Hall–Kier alpha value is -0.0462. The Labute approximate surface area is 38.4 Å². The van der Waals surface area contributed by atoms with Crippen molar-refractivity contribution >= 4 is 20.5 Å². The molecule has 0 unspecified atom stereocenters. The van der Waals surface area contributed by atoms with Gasteiger partial charge < -0.3 is 0 Å². The minimum atomic E-state index is 1.17. The Morgan fingerprint density at radius 3 is 1.80 bits per heavy atom. The van der Waals surface area contributed by atoms with Crippen LogP contribution in [0.5, 0.6) is 0 Å². The molecule has 0 nitrogen and oxygen atoms in total. The van der Waals surface area contributed by atoms with Crippen molar-refractivity contribution in [1.29, 1.82) is 0 Å². The molecule has 2 heteroatoms. The molecule has 0 rings (SSSR count). The molecule has 0 aromatic carbocycles. The quantitative estimate of drug-likeness (QED) is 0.253. The Morgan fingerprint density at radius 1 is 1.60 bits per heavy atom. The van der Waals surface area contributed by atoms with Crippen LogP contribution in [0.4, 0.5) is 0 Å². The first-order chi connectivity index (χ1) is 2.27. The fraction of sp³-hybridized carbons (Fsp3) is 0. The zero-order chi connectivity index (χ0) is 4.28. The molecule has 0 radical (unpaired) electrons. The van der Waals surface area contributed by atoms with Crippen LogP contribution in [0, 0.1) is 0 Å². The normalized spacial score (nSPS) is 7.20. The molecule has 0 saturated heterocycles. The highest BCUT2D eigenvalue weighted by molar-refractivity contribution is 6.47. The Kier molecular flexibility index (Phi) is 2.19. The lowest BCUT2D eigenvalue weighted by molar-refractivity contribution is 2.31. The van der Waals surface area contributed by atoms with Crippen LogP contribution in [0.3, 0.4) is 0 Å². The van der Waals surface area contributed by atoms with Crippen molar-refractivity contribution < 1.29 is 0 Å². The minimum Gasteiger partial charge on any atom is -0.140 e. The summed E-state index contributed by atoms with van der Waals surface area (Å²) in [5.41, 5.74) is 2.82. The molecule has 28 valence electrons. The highest BCUT2D eigenvalue weighted by atomic mass is 28.2. The predicted molar refractivity (Wildman–Crippen MR) is 32.5 cm³/mol. The summed E-state index contributed by atoms with van der Waals surface area (Å²) in [4.78, 5) is 1.42. The predicted octanol–water partition coefficient (Wildman–Crippen LogP) is -1.66. The minimum absolute atomic E-state index is 1.17. The lowest BCUT2D eigenvalue weighted by Crippen LogP contribution is -1.69. The molecule has 0 amide bonds. The van der Waals surface area contributed by atoms with E-state index in [1.54, 1.807) is 0 Å². The topological polar surface area (TPSA) is 0 Å². The van der Waals surface area contributed by atoms with Crippen LogP contribution in [-0.4, -0.2) is 20.5 Å². The Bertz CT molecular complexity index is 65.0. The van der Waals surface area contributed by atoms with Crippen LogP contribution >= 0.6 is 0 Å². The standard InChI is InChI=1S/C3H8Si2/c1-2-3(4)5/h1H2,4-5H3. The van der Waals surface area contributed by atoms with E-state index in [4.69, 9.17) is 0 Å². The van der Waals surface area contributed by atoms with Crippen molar-refractivity contribution in [2.45, 2.75) is 0 Å². The van der Waals surface area contributed by atoms with Crippen LogP contribution in [0.2, 0.25) is 0 Å². The lowest BCUT2D eigenvalue weighted by atomic mass is 11.0. The summed E-state index contributed by atoms with van der Waals surface area (Å²) in [6, 6.07) is 0. The van der Waals surface area contributed by atoms with Gasteiger partial charge in [0.2, 0.25) is 0 Å². The monoisotopic (exact) mass is 100 g/mol. The SMILES string of the molecule is C=C=C([SiH3])[SiH3]. The molecule has 0 fully saturated rings. The number of hydrogen-bond acceptors (Lipinski definition) is 0. The fourth-order valence-electron chi connectivity index (χ4n) is 0. The van der Waals surface area contributed by atoms with Gasteiger partial charge >= 0.3 is 0 Å². The van der Waals surface area contributed by atoms with Crippen LogP contribution in [0.15, 0.2) is 17.1 Å². The third-order valence-corrected chi connectivity index (χ3v) is 1.06. The highest BCUT2D eigenvalue weighted by Gasteiger charge is 1.58. The highest BCUT2D eigenvalue weighted by Crippen LogP contribution is 1.61. The van der Waals surface area contributed by atoms with Crippen molar-refractivity contribution in [3.05, 3.63) is 17.1 Å². The maximum atomic E-state index is 3.47. The van der Waals surface area contributed by atoms with E-state index in [9.17, 15) is 0 Å². The zero-order valence-corrected chi connectivity index (χ0v) is 7.71. The summed E-state index contributed by atoms with van der Waals surface area (Å²) >= 11 is 0. The first-order valence-electron chi connectivity index (χ1n) is 1.60.